The lowest BCUT2D eigenvalue weighted by molar-refractivity contribution is -0.121. The predicted molar refractivity (Wildman–Crippen MR) is 84.2 cm³/mol. The Bertz CT molecular complexity index is 549. The van der Waals surface area contributed by atoms with Gasteiger partial charge in [-0.1, -0.05) is 42.5 Å². The van der Waals surface area contributed by atoms with E-state index in [9.17, 15) is 9.90 Å². The van der Waals surface area contributed by atoms with Gasteiger partial charge < -0.3 is 10.4 Å². The molecule has 3 nitrogen and oxygen atoms in total. The van der Waals surface area contributed by atoms with E-state index >= 15 is 0 Å². The lowest BCUT2D eigenvalue weighted by atomic mass is 10.1. The number of aryl methyl sites for hydroxylation is 2. The highest BCUT2D eigenvalue weighted by atomic mass is 16.3. The number of phenols is 1. The van der Waals surface area contributed by atoms with Crippen molar-refractivity contribution < 1.29 is 9.90 Å². The Morgan fingerprint density at radius 1 is 0.905 bits per heavy atom. The molecule has 110 valence electrons. The Hall–Kier alpha value is -2.29. The molecule has 0 saturated carbocycles. The Morgan fingerprint density at radius 2 is 1.57 bits per heavy atom. The van der Waals surface area contributed by atoms with Crippen LogP contribution in [-0.2, 0) is 17.6 Å². The third-order valence-corrected chi connectivity index (χ3v) is 3.38. The third kappa shape index (κ3) is 5.69. The van der Waals surface area contributed by atoms with Crippen LogP contribution in [-0.4, -0.2) is 17.6 Å². The van der Waals surface area contributed by atoms with Gasteiger partial charge in [0, 0.05) is 13.0 Å². The minimum absolute atomic E-state index is 0.101. The summed E-state index contributed by atoms with van der Waals surface area (Å²) in [6.07, 6.45) is 3.12. The van der Waals surface area contributed by atoms with Crippen LogP contribution in [0.1, 0.15) is 24.0 Å². The lowest BCUT2D eigenvalue weighted by Gasteiger charge is -2.06. The number of carbonyl (C=O) groups is 1. The van der Waals surface area contributed by atoms with Crippen molar-refractivity contribution in [2.24, 2.45) is 0 Å². The monoisotopic (exact) mass is 283 g/mol. The molecule has 0 fully saturated rings. The molecule has 0 aromatic heterocycles. The molecule has 1 amide bonds. The first-order chi connectivity index (χ1) is 10.2. The number of phenolic OH excluding ortho intramolecular Hbond substituents is 1. The maximum atomic E-state index is 11.7. The van der Waals surface area contributed by atoms with E-state index in [0.717, 1.165) is 19.3 Å². The van der Waals surface area contributed by atoms with E-state index in [2.05, 4.69) is 5.32 Å². The molecule has 0 bridgehead atoms. The average molecular weight is 283 g/mol. The molecule has 0 aliphatic heterocycles. The number of carbonyl (C=O) groups excluding carboxylic acids is 1. The standard InChI is InChI=1S/C18H21NO2/c20-17-11-8-16(9-12-17)7-4-14-19-18(21)13-10-15-5-2-1-3-6-15/h1-3,5-6,8-9,11-12,20H,4,7,10,13-14H2,(H,19,21). The maximum absolute atomic E-state index is 11.7. The van der Waals surface area contributed by atoms with Crippen LogP contribution in [0.5, 0.6) is 5.75 Å². The summed E-state index contributed by atoms with van der Waals surface area (Å²) in [4.78, 5) is 11.7. The van der Waals surface area contributed by atoms with Crippen LogP contribution in [0.25, 0.3) is 0 Å². The number of hydrogen-bond acceptors (Lipinski definition) is 2. The van der Waals surface area contributed by atoms with Crippen molar-refractivity contribution in [2.45, 2.75) is 25.7 Å². The zero-order valence-corrected chi connectivity index (χ0v) is 12.1. The van der Waals surface area contributed by atoms with Gasteiger partial charge in [-0.15, -0.1) is 0 Å². The summed E-state index contributed by atoms with van der Waals surface area (Å²) in [5, 5.41) is 12.1. The van der Waals surface area contributed by atoms with E-state index in [1.54, 1.807) is 12.1 Å². The van der Waals surface area contributed by atoms with Gasteiger partial charge in [0.15, 0.2) is 0 Å². The van der Waals surface area contributed by atoms with Gasteiger partial charge in [0.25, 0.3) is 0 Å². The first kappa shape index (κ1) is 15.1. The van der Waals surface area contributed by atoms with Crippen molar-refractivity contribution in [1.29, 1.82) is 0 Å². The molecule has 0 saturated heterocycles. The van der Waals surface area contributed by atoms with Crippen molar-refractivity contribution in [3.05, 3.63) is 65.7 Å². The van der Waals surface area contributed by atoms with E-state index in [0.29, 0.717) is 13.0 Å². The van der Waals surface area contributed by atoms with E-state index in [-0.39, 0.29) is 11.7 Å². The van der Waals surface area contributed by atoms with Crippen LogP contribution in [0.3, 0.4) is 0 Å². The fourth-order valence-corrected chi connectivity index (χ4v) is 2.17. The second kappa shape index (κ2) is 8.10. The molecule has 2 aromatic carbocycles. The number of benzene rings is 2. The van der Waals surface area contributed by atoms with Crippen molar-refractivity contribution >= 4 is 5.91 Å². The van der Waals surface area contributed by atoms with E-state index in [1.165, 1.54) is 11.1 Å². The van der Waals surface area contributed by atoms with E-state index in [4.69, 9.17) is 0 Å². The van der Waals surface area contributed by atoms with Crippen LogP contribution in [0, 0.1) is 0 Å². The summed E-state index contributed by atoms with van der Waals surface area (Å²) < 4.78 is 0. The summed E-state index contributed by atoms with van der Waals surface area (Å²) in [5.41, 5.74) is 2.36. The Labute approximate surface area is 125 Å². The summed E-state index contributed by atoms with van der Waals surface area (Å²) in [6.45, 7) is 0.689. The normalized spacial score (nSPS) is 10.3. The van der Waals surface area contributed by atoms with Crippen LogP contribution < -0.4 is 5.32 Å². The van der Waals surface area contributed by atoms with E-state index in [1.807, 2.05) is 42.5 Å². The predicted octanol–water partition coefficient (Wildman–Crippen LogP) is 3.07. The van der Waals surface area contributed by atoms with E-state index < -0.39 is 0 Å². The molecular weight excluding hydrogens is 262 g/mol. The number of hydrogen-bond donors (Lipinski definition) is 2. The molecule has 21 heavy (non-hydrogen) atoms. The average Bonchev–Trinajstić information content (AvgIpc) is 2.52. The fourth-order valence-electron chi connectivity index (χ4n) is 2.17. The van der Waals surface area contributed by atoms with Crippen LogP contribution >= 0.6 is 0 Å². The number of nitrogens with one attached hydrogen (secondary N) is 1. The van der Waals surface area contributed by atoms with Gasteiger partial charge in [-0.25, -0.2) is 0 Å². The van der Waals surface area contributed by atoms with Gasteiger partial charge in [-0.05, 0) is 42.5 Å². The van der Waals surface area contributed by atoms with Crippen LogP contribution in [0.2, 0.25) is 0 Å². The highest BCUT2D eigenvalue weighted by molar-refractivity contribution is 5.76. The molecule has 0 aliphatic rings. The quantitative estimate of drug-likeness (QED) is 0.767. The van der Waals surface area contributed by atoms with Crippen molar-refractivity contribution in [3.63, 3.8) is 0 Å². The van der Waals surface area contributed by atoms with Crippen molar-refractivity contribution in [2.75, 3.05) is 6.54 Å². The summed E-state index contributed by atoms with van der Waals surface area (Å²) >= 11 is 0. The first-order valence-corrected chi connectivity index (χ1v) is 7.32. The van der Waals surface area contributed by atoms with Gasteiger partial charge in [-0.2, -0.15) is 0 Å². The molecule has 3 heteroatoms. The third-order valence-electron chi connectivity index (χ3n) is 3.38. The Balaban J connectivity index is 1.60. The second-order valence-corrected chi connectivity index (χ2v) is 5.11. The van der Waals surface area contributed by atoms with Gasteiger partial charge >= 0.3 is 0 Å². The first-order valence-electron chi connectivity index (χ1n) is 7.32. The van der Waals surface area contributed by atoms with Gasteiger partial charge in [0.05, 0.1) is 0 Å². The summed E-state index contributed by atoms with van der Waals surface area (Å²) in [7, 11) is 0. The smallest absolute Gasteiger partial charge is 0.220 e. The summed E-state index contributed by atoms with van der Waals surface area (Å²) in [5.74, 6) is 0.387. The van der Waals surface area contributed by atoms with Gasteiger partial charge in [-0.3, -0.25) is 4.79 Å². The maximum Gasteiger partial charge on any atom is 0.220 e. The fraction of sp³-hybridized carbons (Fsp3) is 0.278. The van der Waals surface area contributed by atoms with Gasteiger partial charge in [0.2, 0.25) is 5.91 Å². The molecule has 2 N–H and O–H groups in total. The zero-order valence-electron chi connectivity index (χ0n) is 12.1. The van der Waals surface area contributed by atoms with Crippen LogP contribution in [0.4, 0.5) is 0 Å². The minimum atomic E-state index is 0.101. The summed E-state index contributed by atoms with van der Waals surface area (Å²) in [6, 6.07) is 17.2. The highest BCUT2D eigenvalue weighted by Gasteiger charge is 2.01. The number of aromatic hydroxyl groups is 1. The molecule has 0 aliphatic carbocycles. The van der Waals surface area contributed by atoms with Crippen molar-refractivity contribution in [1.82, 2.24) is 5.32 Å². The lowest BCUT2D eigenvalue weighted by Crippen LogP contribution is -2.24. The number of rotatable bonds is 7. The molecule has 2 aromatic rings. The molecule has 0 heterocycles. The van der Waals surface area contributed by atoms with Crippen LogP contribution in [0.15, 0.2) is 54.6 Å². The molecule has 0 radical (unpaired) electrons. The molecule has 0 atom stereocenters. The Morgan fingerprint density at radius 3 is 2.29 bits per heavy atom. The molecule has 0 unspecified atom stereocenters. The second-order valence-electron chi connectivity index (χ2n) is 5.11. The van der Waals surface area contributed by atoms with Gasteiger partial charge in [0.1, 0.15) is 5.75 Å². The minimum Gasteiger partial charge on any atom is -0.508 e. The van der Waals surface area contributed by atoms with Crippen molar-refractivity contribution in [3.8, 4) is 5.75 Å². The molecular formula is C18H21NO2. The molecule has 0 spiro atoms. The topological polar surface area (TPSA) is 49.3 Å². The number of amides is 1. The molecule has 2 rings (SSSR count). The Kier molecular flexibility index (Phi) is 5.83. The zero-order chi connectivity index (χ0) is 14.9. The SMILES string of the molecule is O=C(CCc1ccccc1)NCCCc1ccc(O)cc1. The highest BCUT2D eigenvalue weighted by Crippen LogP contribution is 2.10. The largest absolute Gasteiger partial charge is 0.508 e.